The van der Waals surface area contributed by atoms with Gasteiger partial charge in [-0.25, -0.2) is 4.98 Å². The predicted octanol–water partition coefficient (Wildman–Crippen LogP) is 3.98. The SMILES string of the molecule is Cc1ccc([C@@H]2CCC[C@H](CNc3nccc(C(=O)N4CCC(N)CC4)c3C)O2)cc1. The highest BCUT2D eigenvalue weighted by Crippen LogP contribution is 2.31. The van der Waals surface area contributed by atoms with E-state index in [0.29, 0.717) is 6.54 Å². The van der Waals surface area contributed by atoms with Crippen LogP contribution in [0.25, 0.3) is 0 Å². The largest absolute Gasteiger partial charge is 0.368 e. The number of carbonyl (C=O) groups is 1. The highest BCUT2D eigenvalue weighted by atomic mass is 16.5. The number of aryl methyl sites for hydroxylation is 1. The number of rotatable bonds is 5. The zero-order chi connectivity index (χ0) is 21.8. The van der Waals surface area contributed by atoms with E-state index in [-0.39, 0.29) is 24.2 Å². The number of carbonyl (C=O) groups excluding carboxylic acids is 1. The number of nitrogens with one attached hydrogen (secondary N) is 1. The van der Waals surface area contributed by atoms with Crippen molar-refractivity contribution < 1.29 is 9.53 Å². The lowest BCUT2D eigenvalue weighted by Gasteiger charge is -2.31. The number of nitrogens with two attached hydrogens (primary N) is 1. The molecule has 1 amide bonds. The van der Waals surface area contributed by atoms with E-state index in [1.165, 1.54) is 11.1 Å². The number of piperidine rings is 1. The number of aromatic nitrogens is 1. The lowest BCUT2D eigenvalue weighted by Crippen LogP contribution is -2.43. The molecule has 2 atom stereocenters. The molecule has 0 saturated carbocycles. The lowest BCUT2D eigenvalue weighted by molar-refractivity contribution is -0.0442. The molecule has 0 radical (unpaired) electrons. The molecule has 3 N–H and O–H groups in total. The van der Waals surface area contributed by atoms with Crippen molar-refractivity contribution in [3.8, 4) is 0 Å². The van der Waals surface area contributed by atoms with Crippen LogP contribution in [0.5, 0.6) is 0 Å². The van der Waals surface area contributed by atoms with Gasteiger partial charge in [-0.05, 0) is 57.6 Å². The minimum atomic E-state index is 0.0724. The number of anilines is 1. The third-order valence-electron chi connectivity index (χ3n) is 6.56. The molecule has 0 bridgehead atoms. The average molecular weight is 423 g/mol. The van der Waals surface area contributed by atoms with Gasteiger partial charge >= 0.3 is 0 Å². The van der Waals surface area contributed by atoms with Crippen LogP contribution in [-0.2, 0) is 4.74 Å². The Morgan fingerprint density at radius 2 is 1.87 bits per heavy atom. The molecule has 3 heterocycles. The molecule has 2 aromatic rings. The minimum absolute atomic E-state index is 0.0724. The summed E-state index contributed by atoms with van der Waals surface area (Å²) >= 11 is 0. The second kappa shape index (κ2) is 9.79. The van der Waals surface area contributed by atoms with Gasteiger partial charge in [-0.15, -0.1) is 0 Å². The summed E-state index contributed by atoms with van der Waals surface area (Å²) < 4.78 is 6.38. The molecule has 4 rings (SSSR count). The Labute approximate surface area is 185 Å². The van der Waals surface area contributed by atoms with E-state index in [0.717, 1.165) is 62.1 Å². The Bertz CT molecular complexity index is 891. The molecule has 0 spiro atoms. The summed E-state index contributed by atoms with van der Waals surface area (Å²) in [7, 11) is 0. The topological polar surface area (TPSA) is 80.5 Å². The highest BCUT2D eigenvalue weighted by molar-refractivity contribution is 5.96. The van der Waals surface area contributed by atoms with Crippen LogP contribution in [0.15, 0.2) is 36.5 Å². The number of hydrogen-bond acceptors (Lipinski definition) is 5. The summed E-state index contributed by atoms with van der Waals surface area (Å²) in [6.45, 7) is 6.20. The molecule has 1 aromatic carbocycles. The maximum Gasteiger partial charge on any atom is 0.254 e. The summed E-state index contributed by atoms with van der Waals surface area (Å²) in [6.07, 6.45) is 6.95. The first-order chi connectivity index (χ1) is 15.0. The van der Waals surface area contributed by atoms with E-state index in [2.05, 4.69) is 41.5 Å². The molecule has 6 nitrogen and oxygen atoms in total. The van der Waals surface area contributed by atoms with Crippen molar-refractivity contribution >= 4 is 11.7 Å². The van der Waals surface area contributed by atoms with E-state index in [4.69, 9.17) is 10.5 Å². The van der Waals surface area contributed by atoms with E-state index in [1.807, 2.05) is 17.9 Å². The molecular weight excluding hydrogens is 388 g/mol. The normalized spacial score (nSPS) is 22.4. The molecule has 2 aliphatic rings. The van der Waals surface area contributed by atoms with Gasteiger partial charge in [0.05, 0.1) is 12.2 Å². The van der Waals surface area contributed by atoms with E-state index in [9.17, 15) is 4.79 Å². The van der Waals surface area contributed by atoms with Crippen molar-refractivity contribution in [3.05, 3.63) is 58.8 Å². The Balaban J connectivity index is 1.37. The first-order valence-corrected chi connectivity index (χ1v) is 11.5. The first-order valence-electron chi connectivity index (χ1n) is 11.5. The first kappa shape index (κ1) is 21.8. The fourth-order valence-electron chi connectivity index (χ4n) is 4.50. The van der Waals surface area contributed by atoms with E-state index in [1.54, 1.807) is 6.20 Å². The maximum absolute atomic E-state index is 13.0. The summed E-state index contributed by atoms with van der Waals surface area (Å²) in [6, 6.07) is 10.7. The monoisotopic (exact) mass is 422 g/mol. The van der Waals surface area contributed by atoms with Gasteiger partial charge < -0.3 is 20.7 Å². The van der Waals surface area contributed by atoms with E-state index < -0.39 is 0 Å². The van der Waals surface area contributed by atoms with Gasteiger partial charge in [-0.3, -0.25) is 4.79 Å². The molecule has 166 valence electrons. The Morgan fingerprint density at radius 1 is 1.13 bits per heavy atom. The van der Waals surface area contributed by atoms with Crippen LogP contribution in [0, 0.1) is 13.8 Å². The van der Waals surface area contributed by atoms with Gasteiger partial charge in [-0.2, -0.15) is 0 Å². The quantitative estimate of drug-likeness (QED) is 0.762. The third-order valence-corrected chi connectivity index (χ3v) is 6.56. The molecule has 2 fully saturated rings. The van der Waals surface area contributed by atoms with Crippen LogP contribution in [0.3, 0.4) is 0 Å². The Kier molecular flexibility index (Phi) is 6.88. The van der Waals surface area contributed by atoms with Crippen LogP contribution in [0.1, 0.15) is 65.3 Å². The lowest BCUT2D eigenvalue weighted by atomic mass is 9.97. The second-order valence-corrected chi connectivity index (χ2v) is 8.93. The van der Waals surface area contributed by atoms with Gasteiger partial charge in [0.25, 0.3) is 5.91 Å². The van der Waals surface area contributed by atoms with Gasteiger partial charge in [0.2, 0.25) is 0 Å². The van der Waals surface area contributed by atoms with Crippen molar-refractivity contribution in [1.82, 2.24) is 9.88 Å². The number of ether oxygens (including phenoxy) is 1. The van der Waals surface area contributed by atoms with Crippen LogP contribution in [0.4, 0.5) is 5.82 Å². The fraction of sp³-hybridized carbons (Fsp3) is 0.520. The van der Waals surface area contributed by atoms with Crippen molar-refractivity contribution in [2.45, 2.75) is 64.2 Å². The smallest absolute Gasteiger partial charge is 0.254 e. The summed E-state index contributed by atoms with van der Waals surface area (Å²) in [4.78, 5) is 19.4. The van der Waals surface area contributed by atoms with Crippen molar-refractivity contribution in [2.75, 3.05) is 25.0 Å². The summed E-state index contributed by atoms with van der Waals surface area (Å²) in [5.41, 5.74) is 10.1. The van der Waals surface area contributed by atoms with Gasteiger partial charge in [0.15, 0.2) is 0 Å². The molecule has 6 heteroatoms. The zero-order valence-electron chi connectivity index (χ0n) is 18.6. The van der Waals surface area contributed by atoms with Crippen LogP contribution in [0.2, 0.25) is 0 Å². The number of hydrogen-bond donors (Lipinski definition) is 2. The third kappa shape index (κ3) is 5.25. The molecule has 1 aromatic heterocycles. The molecule has 0 unspecified atom stereocenters. The van der Waals surface area contributed by atoms with Gasteiger partial charge in [-0.1, -0.05) is 29.8 Å². The Hall–Kier alpha value is -2.44. The molecule has 31 heavy (non-hydrogen) atoms. The zero-order valence-corrected chi connectivity index (χ0v) is 18.6. The predicted molar refractivity (Wildman–Crippen MR) is 123 cm³/mol. The highest BCUT2D eigenvalue weighted by Gasteiger charge is 2.26. The van der Waals surface area contributed by atoms with Crippen LogP contribution in [-0.4, -0.2) is 47.6 Å². The molecule has 2 saturated heterocycles. The number of pyridine rings is 1. The van der Waals surface area contributed by atoms with Crippen molar-refractivity contribution in [1.29, 1.82) is 0 Å². The van der Waals surface area contributed by atoms with E-state index >= 15 is 0 Å². The van der Waals surface area contributed by atoms with Crippen LogP contribution < -0.4 is 11.1 Å². The average Bonchev–Trinajstić information content (AvgIpc) is 2.79. The molecule has 0 aliphatic carbocycles. The van der Waals surface area contributed by atoms with Crippen LogP contribution >= 0.6 is 0 Å². The van der Waals surface area contributed by atoms with Gasteiger partial charge in [0, 0.05) is 43.0 Å². The minimum Gasteiger partial charge on any atom is -0.368 e. The Morgan fingerprint density at radius 3 is 2.61 bits per heavy atom. The molecule has 2 aliphatic heterocycles. The van der Waals surface area contributed by atoms with Crippen molar-refractivity contribution in [2.24, 2.45) is 5.73 Å². The van der Waals surface area contributed by atoms with Crippen molar-refractivity contribution in [3.63, 3.8) is 0 Å². The van der Waals surface area contributed by atoms with Gasteiger partial charge in [0.1, 0.15) is 5.82 Å². The summed E-state index contributed by atoms with van der Waals surface area (Å²) in [5.74, 6) is 0.837. The number of benzene rings is 1. The fourth-order valence-corrected chi connectivity index (χ4v) is 4.50. The molecular formula is C25H34N4O2. The number of likely N-dealkylation sites (tertiary alicyclic amines) is 1. The standard InChI is InChI=1S/C25H34N4O2/c1-17-6-8-19(9-7-17)23-5-3-4-21(31-23)16-28-24-18(2)22(10-13-27-24)25(30)29-14-11-20(26)12-15-29/h6-10,13,20-21,23H,3-5,11-12,14-16,26H2,1-2H3,(H,27,28)/t21-,23+/m1/s1. The number of nitrogens with zero attached hydrogens (tertiary/aromatic N) is 2. The summed E-state index contributed by atoms with van der Waals surface area (Å²) in [5, 5.41) is 3.44. The second-order valence-electron chi connectivity index (χ2n) is 8.93. The maximum atomic E-state index is 13.0. The number of amides is 1.